The van der Waals surface area contributed by atoms with Gasteiger partial charge in [0.2, 0.25) is 0 Å². The summed E-state index contributed by atoms with van der Waals surface area (Å²) in [5.74, 6) is 0.0598. The van der Waals surface area contributed by atoms with Gasteiger partial charge in [-0.2, -0.15) is 0 Å². The first-order valence-electron chi connectivity index (χ1n) is 9.20. The lowest BCUT2D eigenvalue weighted by Crippen LogP contribution is -2.29. The Morgan fingerprint density at radius 3 is 2.12 bits per heavy atom. The number of nitrogens with zero attached hydrogens (tertiary/aromatic N) is 1. The third-order valence-electron chi connectivity index (χ3n) is 5.01. The summed E-state index contributed by atoms with van der Waals surface area (Å²) in [6, 6.07) is 12.4. The van der Waals surface area contributed by atoms with E-state index in [1.165, 1.54) is 41.6 Å². The zero-order valence-electron chi connectivity index (χ0n) is 15.5. The summed E-state index contributed by atoms with van der Waals surface area (Å²) in [5, 5.41) is 0. The molecule has 2 aromatic rings. The van der Waals surface area contributed by atoms with Gasteiger partial charge in [0.1, 0.15) is 0 Å². The number of rotatable bonds is 4. The molecular weight excluding hydrogens is 306 g/mol. The monoisotopic (exact) mass is 333 g/mol. The van der Waals surface area contributed by atoms with Gasteiger partial charge in [0.05, 0.1) is 0 Å². The maximum absolute atomic E-state index is 12.5. The molecule has 2 heteroatoms. The first-order valence-corrected chi connectivity index (χ1v) is 9.20. The summed E-state index contributed by atoms with van der Waals surface area (Å²) in [5.41, 5.74) is 6.80. The molecule has 0 bridgehead atoms. The molecule has 2 aromatic carbocycles. The summed E-state index contributed by atoms with van der Waals surface area (Å²) < 4.78 is 0. The van der Waals surface area contributed by atoms with Gasteiger partial charge < -0.3 is 4.90 Å². The average molecular weight is 333 g/mol. The number of carbonyl (C=O) groups excluding carboxylic acids is 1. The Kier molecular flexibility index (Phi) is 5.37. The lowest BCUT2D eigenvalue weighted by atomic mass is 9.98. The second-order valence-electron chi connectivity index (χ2n) is 7.10. The molecule has 1 saturated heterocycles. The third-order valence-corrected chi connectivity index (χ3v) is 5.01. The molecule has 0 unspecified atom stereocenters. The summed E-state index contributed by atoms with van der Waals surface area (Å²) in [6.07, 6.45) is 7.50. The molecule has 1 aliphatic rings. The summed E-state index contributed by atoms with van der Waals surface area (Å²) in [7, 11) is 0. The van der Waals surface area contributed by atoms with Gasteiger partial charge in [-0.25, -0.2) is 0 Å². The van der Waals surface area contributed by atoms with Crippen LogP contribution in [-0.4, -0.2) is 18.9 Å². The number of anilines is 1. The predicted molar refractivity (Wildman–Crippen MR) is 107 cm³/mol. The lowest BCUT2D eigenvalue weighted by Gasteiger charge is -2.28. The maximum atomic E-state index is 12.5. The van der Waals surface area contributed by atoms with Gasteiger partial charge in [-0.15, -0.1) is 0 Å². The van der Waals surface area contributed by atoms with Crippen molar-refractivity contribution in [2.75, 3.05) is 18.0 Å². The Labute approximate surface area is 151 Å². The summed E-state index contributed by atoms with van der Waals surface area (Å²) in [4.78, 5) is 14.9. The number of benzene rings is 2. The molecule has 1 fully saturated rings. The van der Waals surface area contributed by atoms with Crippen LogP contribution in [0, 0.1) is 20.8 Å². The van der Waals surface area contributed by atoms with Gasteiger partial charge in [0.15, 0.2) is 5.78 Å². The standard InChI is InChI=1S/C23H27NO/c1-17-15-18(2)22(19(3)16-17)11-12-23(25)20-7-9-21(10-8-20)24-13-5-4-6-14-24/h7-12,15-16H,4-6,13-14H2,1-3H3. The Hall–Kier alpha value is -2.35. The van der Waals surface area contributed by atoms with Gasteiger partial charge >= 0.3 is 0 Å². The molecule has 0 spiro atoms. The molecular formula is C23H27NO. The van der Waals surface area contributed by atoms with Crippen molar-refractivity contribution in [2.24, 2.45) is 0 Å². The smallest absolute Gasteiger partial charge is 0.185 e. The Bertz CT molecular complexity index is 757. The molecule has 0 saturated carbocycles. The fraction of sp³-hybridized carbons (Fsp3) is 0.348. The highest BCUT2D eigenvalue weighted by Gasteiger charge is 2.11. The first kappa shape index (κ1) is 17.5. The molecule has 0 aliphatic carbocycles. The molecule has 0 radical (unpaired) electrons. The molecule has 1 heterocycles. The van der Waals surface area contributed by atoms with Crippen molar-refractivity contribution in [1.82, 2.24) is 0 Å². The van der Waals surface area contributed by atoms with Crippen LogP contribution in [0.4, 0.5) is 5.69 Å². The van der Waals surface area contributed by atoms with Gasteiger partial charge in [0, 0.05) is 24.3 Å². The SMILES string of the molecule is Cc1cc(C)c(C=CC(=O)c2ccc(N3CCCCC3)cc2)c(C)c1. The molecule has 0 aromatic heterocycles. The second kappa shape index (κ2) is 7.69. The zero-order chi connectivity index (χ0) is 17.8. The van der Waals surface area contributed by atoms with Crippen LogP contribution < -0.4 is 4.90 Å². The topological polar surface area (TPSA) is 20.3 Å². The highest BCUT2D eigenvalue weighted by molar-refractivity contribution is 6.07. The van der Waals surface area contributed by atoms with E-state index >= 15 is 0 Å². The fourth-order valence-corrected chi connectivity index (χ4v) is 3.70. The van der Waals surface area contributed by atoms with Gasteiger partial charge in [0.25, 0.3) is 0 Å². The average Bonchev–Trinajstić information content (AvgIpc) is 2.61. The van der Waals surface area contributed by atoms with E-state index in [1.54, 1.807) is 6.08 Å². The molecule has 130 valence electrons. The Morgan fingerprint density at radius 2 is 1.52 bits per heavy atom. The number of hydrogen-bond acceptors (Lipinski definition) is 2. The second-order valence-corrected chi connectivity index (χ2v) is 7.10. The predicted octanol–water partition coefficient (Wildman–Crippen LogP) is 5.50. The zero-order valence-corrected chi connectivity index (χ0v) is 15.5. The van der Waals surface area contributed by atoms with Crippen molar-refractivity contribution in [3.8, 4) is 0 Å². The van der Waals surface area contributed by atoms with Gasteiger partial charge in [-0.05, 0) is 87.1 Å². The van der Waals surface area contributed by atoms with Gasteiger partial charge in [-0.1, -0.05) is 23.8 Å². The van der Waals surface area contributed by atoms with E-state index in [-0.39, 0.29) is 5.78 Å². The largest absolute Gasteiger partial charge is 0.372 e. The number of ketones is 1. The summed E-state index contributed by atoms with van der Waals surface area (Å²) >= 11 is 0. The molecule has 2 nitrogen and oxygen atoms in total. The van der Waals surface area contributed by atoms with Crippen LogP contribution in [0.1, 0.15) is 51.9 Å². The number of allylic oxidation sites excluding steroid dienone is 1. The van der Waals surface area contributed by atoms with E-state index in [4.69, 9.17) is 0 Å². The minimum atomic E-state index is 0.0598. The highest BCUT2D eigenvalue weighted by Crippen LogP contribution is 2.21. The van der Waals surface area contributed by atoms with Crippen molar-refractivity contribution < 1.29 is 4.79 Å². The molecule has 3 rings (SSSR count). The Balaban J connectivity index is 1.73. The first-order chi connectivity index (χ1) is 12.0. The fourth-order valence-electron chi connectivity index (χ4n) is 3.70. The maximum Gasteiger partial charge on any atom is 0.185 e. The van der Waals surface area contributed by atoms with E-state index in [0.717, 1.165) is 24.2 Å². The molecule has 0 N–H and O–H groups in total. The van der Waals surface area contributed by atoms with Gasteiger partial charge in [-0.3, -0.25) is 4.79 Å². The number of piperidine rings is 1. The van der Waals surface area contributed by atoms with Crippen molar-refractivity contribution in [1.29, 1.82) is 0 Å². The summed E-state index contributed by atoms with van der Waals surface area (Å²) in [6.45, 7) is 8.54. The lowest BCUT2D eigenvalue weighted by molar-refractivity contribution is 0.104. The van der Waals surface area contributed by atoms with Crippen molar-refractivity contribution in [3.63, 3.8) is 0 Å². The van der Waals surface area contributed by atoms with Crippen LogP contribution in [0.3, 0.4) is 0 Å². The molecule has 0 atom stereocenters. The molecule has 0 amide bonds. The van der Waals surface area contributed by atoms with Crippen molar-refractivity contribution in [2.45, 2.75) is 40.0 Å². The van der Waals surface area contributed by atoms with Crippen LogP contribution in [0.5, 0.6) is 0 Å². The third kappa shape index (κ3) is 4.19. The van der Waals surface area contributed by atoms with E-state index in [2.05, 4.69) is 49.9 Å². The number of hydrogen-bond donors (Lipinski definition) is 0. The van der Waals surface area contributed by atoms with E-state index < -0.39 is 0 Å². The van der Waals surface area contributed by atoms with Crippen molar-refractivity contribution in [3.05, 3.63) is 70.3 Å². The van der Waals surface area contributed by atoms with E-state index in [0.29, 0.717) is 0 Å². The van der Waals surface area contributed by atoms with Crippen LogP contribution >= 0.6 is 0 Å². The van der Waals surface area contributed by atoms with Crippen LogP contribution in [0.2, 0.25) is 0 Å². The van der Waals surface area contributed by atoms with Crippen molar-refractivity contribution >= 4 is 17.5 Å². The van der Waals surface area contributed by atoms with Crippen LogP contribution in [-0.2, 0) is 0 Å². The minimum Gasteiger partial charge on any atom is -0.372 e. The quantitative estimate of drug-likeness (QED) is 0.544. The molecule has 25 heavy (non-hydrogen) atoms. The molecule has 1 aliphatic heterocycles. The normalized spacial score (nSPS) is 14.9. The van der Waals surface area contributed by atoms with Crippen LogP contribution in [0.25, 0.3) is 6.08 Å². The number of aryl methyl sites for hydroxylation is 3. The van der Waals surface area contributed by atoms with E-state index in [1.807, 2.05) is 18.2 Å². The highest BCUT2D eigenvalue weighted by atomic mass is 16.1. The number of carbonyl (C=O) groups is 1. The minimum absolute atomic E-state index is 0.0598. The van der Waals surface area contributed by atoms with E-state index in [9.17, 15) is 4.79 Å². The Morgan fingerprint density at radius 1 is 0.920 bits per heavy atom. The van der Waals surface area contributed by atoms with Crippen LogP contribution in [0.15, 0.2) is 42.5 Å².